The van der Waals surface area contributed by atoms with Crippen molar-refractivity contribution in [1.29, 1.82) is 0 Å². The summed E-state index contributed by atoms with van der Waals surface area (Å²) >= 11 is 5.86. The van der Waals surface area contributed by atoms with Gasteiger partial charge < -0.3 is 10.4 Å². The number of rotatable bonds is 4. The molecule has 0 saturated carbocycles. The van der Waals surface area contributed by atoms with E-state index in [0.29, 0.717) is 17.4 Å². The van der Waals surface area contributed by atoms with E-state index in [0.717, 1.165) is 5.56 Å². The number of aromatic carboxylic acids is 1. The molecule has 0 radical (unpaired) electrons. The molecule has 0 aliphatic rings. The molecule has 2 N–H and O–H groups in total. The Labute approximate surface area is 108 Å². The molecule has 1 heterocycles. The number of nitrogens with one attached hydrogen (secondary N) is 1. The Morgan fingerprint density at radius 3 is 2.94 bits per heavy atom. The molecule has 0 unspecified atom stereocenters. The van der Waals surface area contributed by atoms with E-state index in [9.17, 15) is 4.79 Å². The lowest BCUT2D eigenvalue weighted by molar-refractivity contribution is 0.0690. The molecular formula is C12H10ClN3O2. The van der Waals surface area contributed by atoms with Gasteiger partial charge in [0.15, 0.2) is 5.69 Å². The molecule has 0 spiro atoms. The third-order valence-corrected chi connectivity index (χ3v) is 2.45. The highest BCUT2D eigenvalue weighted by atomic mass is 35.5. The van der Waals surface area contributed by atoms with E-state index < -0.39 is 5.97 Å². The molecule has 18 heavy (non-hydrogen) atoms. The molecule has 1 aromatic carbocycles. The number of benzene rings is 1. The number of halogens is 1. The van der Waals surface area contributed by atoms with E-state index in [1.807, 2.05) is 18.2 Å². The second kappa shape index (κ2) is 5.46. The lowest BCUT2D eigenvalue weighted by Crippen LogP contribution is -2.06. The monoisotopic (exact) mass is 263 g/mol. The Morgan fingerprint density at radius 2 is 2.22 bits per heavy atom. The molecule has 0 fully saturated rings. The fourth-order valence-electron chi connectivity index (χ4n) is 1.39. The van der Waals surface area contributed by atoms with Crippen molar-refractivity contribution in [2.45, 2.75) is 6.54 Å². The Kier molecular flexibility index (Phi) is 3.74. The normalized spacial score (nSPS) is 10.1. The van der Waals surface area contributed by atoms with Gasteiger partial charge in [-0.3, -0.25) is 4.98 Å². The van der Waals surface area contributed by atoms with Crippen LogP contribution in [0, 0.1) is 0 Å². The van der Waals surface area contributed by atoms with E-state index in [1.54, 1.807) is 6.07 Å². The minimum atomic E-state index is -1.10. The number of carbonyl (C=O) groups is 1. The van der Waals surface area contributed by atoms with Gasteiger partial charge in [0.25, 0.3) is 0 Å². The molecule has 1 aromatic heterocycles. The molecule has 2 aromatic rings. The first-order valence-electron chi connectivity index (χ1n) is 5.19. The van der Waals surface area contributed by atoms with Crippen LogP contribution < -0.4 is 5.32 Å². The van der Waals surface area contributed by atoms with Gasteiger partial charge in [-0.25, -0.2) is 9.78 Å². The van der Waals surface area contributed by atoms with Gasteiger partial charge in [0, 0.05) is 11.6 Å². The zero-order valence-electron chi connectivity index (χ0n) is 9.30. The number of carboxylic acids is 1. The summed E-state index contributed by atoms with van der Waals surface area (Å²) < 4.78 is 0. The standard InChI is InChI=1S/C12H10ClN3O2/c13-9-3-1-2-8(4-9)5-15-11-7-14-6-10(16-11)12(17)18/h1-4,6-7H,5H2,(H,15,16)(H,17,18). The number of hydrogen-bond acceptors (Lipinski definition) is 4. The lowest BCUT2D eigenvalue weighted by atomic mass is 10.2. The number of hydrogen-bond donors (Lipinski definition) is 2. The van der Waals surface area contributed by atoms with Crippen LogP contribution in [0.15, 0.2) is 36.7 Å². The molecule has 2 rings (SSSR count). The van der Waals surface area contributed by atoms with Crippen molar-refractivity contribution in [1.82, 2.24) is 9.97 Å². The van der Waals surface area contributed by atoms with Gasteiger partial charge in [0.1, 0.15) is 5.82 Å². The van der Waals surface area contributed by atoms with Crippen LogP contribution in [0.25, 0.3) is 0 Å². The van der Waals surface area contributed by atoms with Crippen molar-refractivity contribution < 1.29 is 9.90 Å². The molecule has 5 nitrogen and oxygen atoms in total. The van der Waals surface area contributed by atoms with Crippen molar-refractivity contribution in [3.63, 3.8) is 0 Å². The smallest absolute Gasteiger partial charge is 0.356 e. The predicted molar refractivity (Wildman–Crippen MR) is 67.8 cm³/mol. The average Bonchev–Trinajstić information content (AvgIpc) is 2.37. The van der Waals surface area contributed by atoms with Gasteiger partial charge in [0.2, 0.25) is 0 Å². The van der Waals surface area contributed by atoms with Gasteiger partial charge in [0.05, 0.1) is 12.4 Å². The topological polar surface area (TPSA) is 75.1 Å². The van der Waals surface area contributed by atoms with Crippen molar-refractivity contribution in [2.24, 2.45) is 0 Å². The summed E-state index contributed by atoms with van der Waals surface area (Å²) in [5.74, 6) is -0.691. The molecule has 0 saturated heterocycles. The van der Waals surface area contributed by atoms with Crippen LogP contribution in [0.4, 0.5) is 5.82 Å². The van der Waals surface area contributed by atoms with Gasteiger partial charge >= 0.3 is 5.97 Å². The van der Waals surface area contributed by atoms with Crippen LogP contribution in [0.5, 0.6) is 0 Å². The van der Waals surface area contributed by atoms with Crippen LogP contribution in [0.3, 0.4) is 0 Å². The minimum Gasteiger partial charge on any atom is -0.476 e. The van der Waals surface area contributed by atoms with Crippen molar-refractivity contribution in [3.05, 3.63) is 52.9 Å². The fourth-order valence-corrected chi connectivity index (χ4v) is 1.61. The van der Waals surface area contributed by atoms with E-state index in [1.165, 1.54) is 12.4 Å². The Balaban J connectivity index is 2.06. The highest BCUT2D eigenvalue weighted by Gasteiger charge is 2.05. The summed E-state index contributed by atoms with van der Waals surface area (Å²) in [6.07, 6.45) is 2.67. The SMILES string of the molecule is O=C(O)c1cncc(NCc2cccc(Cl)c2)n1. The summed E-state index contributed by atoms with van der Waals surface area (Å²) in [5, 5.41) is 12.4. The first kappa shape index (κ1) is 12.3. The second-order valence-electron chi connectivity index (χ2n) is 3.58. The largest absolute Gasteiger partial charge is 0.476 e. The molecular weight excluding hydrogens is 254 g/mol. The van der Waals surface area contributed by atoms with Gasteiger partial charge in [-0.1, -0.05) is 23.7 Å². The van der Waals surface area contributed by atoms with Gasteiger partial charge in [-0.2, -0.15) is 0 Å². The zero-order chi connectivity index (χ0) is 13.0. The molecule has 0 atom stereocenters. The van der Waals surface area contributed by atoms with E-state index in [4.69, 9.17) is 16.7 Å². The number of aromatic nitrogens is 2. The molecule has 92 valence electrons. The Hall–Kier alpha value is -2.14. The number of anilines is 1. The number of nitrogens with zero attached hydrogens (tertiary/aromatic N) is 2. The van der Waals surface area contributed by atoms with Gasteiger partial charge in [-0.05, 0) is 17.7 Å². The fraction of sp³-hybridized carbons (Fsp3) is 0.0833. The highest BCUT2D eigenvalue weighted by molar-refractivity contribution is 6.30. The minimum absolute atomic E-state index is 0.0916. The molecule has 0 amide bonds. The van der Waals surface area contributed by atoms with Crippen LogP contribution in [0.1, 0.15) is 16.1 Å². The molecule has 6 heteroatoms. The first-order chi connectivity index (χ1) is 8.65. The summed E-state index contributed by atoms with van der Waals surface area (Å²) in [6.45, 7) is 0.498. The molecule has 0 bridgehead atoms. The zero-order valence-corrected chi connectivity index (χ0v) is 10.1. The summed E-state index contributed by atoms with van der Waals surface area (Å²) in [6, 6.07) is 7.37. The summed E-state index contributed by atoms with van der Waals surface area (Å²) in [5.41, 5.74) is 0.885. The van der Waals surface area contributed by atoms with Crippen LogP contribution in [-0.2, 0) is 6.54 Å². The maximum absolute atomic E-state index is 10.7. The van der Waals surface area contributed by atoms with E-state index in [2.05, 4.69) is 15.3 Å². The van der Waals surface area contributed by atoms with Crippen LogP contribution in [0.2, 0.25) is 5.02 Å². The summed E-state index contributed by atoms with van der Waals surface area (Å²) in [4.78, 5) is 18.4. The Morgan fingerprint density at radius 1 is 1.39 bits per heavy atom. The average molecular weight is 264 g/mol. The third kappa shape index (κ3) is 3.18. The van der Waals surface area contributed by atoms with Crippen molar-refractivity contribution in [3.8, 4) is 0 Å². The second-order valence-corrected chi connectivity index (χ2v) is 4.01. The van der Waals surface area contributed by atoms with E-state index >= 15 is 0 Å². The van der Waals surface area contributed by atoms with Crippen LogP contribution >= 0.6 is 11.6 Å². The van der Waals surface area contributed by atoms with Crippen molar-refractivity contribution >= 4 is 23.4 Å². The summed E-state index contributed by atoms with van der Waals surface area (Å²) in [7, 11) is 0. The maximum Gasteiger partial charge on any atom is 0.356 e. The molecule has 0 aliphatic heterocycles. The number of carboxylic acid groups (broad SMARTS) is 1. The third-order valence-electron chi connectivity index (χ3n) is 2.22. The first-order valence-corrected chi connectivity index (χ1v) is 5.56. The van der Waals surface area contributed by atoms with Crippen molar-refractivity contribution in [2.75, 3.05) is 5.32 Å². The van der Waals surface area contributed by atoms with Crippen LogP contribution in [-0.4, -0.2) is 21.0 Å². The lowest BCUT2D eigenvalue weighted by Gasteiger charge is -2.06. The quantitative estimate of drug-likeness (QED) is 0.886. The predicted octanol–water partition coefficient (Wildman–Crippen LogP) is 2.44. The highest BCUT2D eigenvalue weighted by Crippen LogP contribution is 2.12. The Bertz CT molecular complexity index is 575. The maximum atomic E-state index is 10.7. The molecule has 0 aliphatic carbocycles. The van der Waals surface area contributed by atoms with E-state index in [-0.39, 0.29) is 5.69 Å². The van der Waals surface area contributed by atoms with Gasteiger partial charge in [-0.15, -0.1) is 0 Å².